The Morgan fingerprint density at radius 3 is 3.00 bits per heavy atom. The molecule has 0 aliphatic heterocycles. The molecule has 0 bridgehead atoms. The van der Waals surface area contributed by atoms with Crippen LogP contribution in [0.3, 0.4) is 0 Å². The SMILES string of the molecule is C=C/C=C(\OC)c1ccco1. The summed E-state index contributed by atoms with van der Waals surface area (Å²) < 4.78 is 10.1. The molecule has 1 aromatic rings. The standard InChI is InChI=1S/C9H10O2/c1-3-5-8(10-2)9-6-4-7-11-9/h3-7H,1H2,2H3/b8-5-. The lowest BCUT2D eigenvalue weighted by Crippen LogP contribution is -1.82. The van der Waals surface area contributed by atoms with Gasteiger partial charge in [-0.25, -0.2) is 0 Å². The van der Waals surface area contributed by atoms with E-state index < -0.39 is 0 Å². The maximum absolute atomic E-state index is 5.10. The molecule has 0 fully saturated rings. The van der Waals surface area contributed by atoms with E-state index >= 15 is 0 Å². The number of methoxy groups -OCH3 is 1. The first-order valence-corrected chi connectivity index (χ1v) is 3.29. The number of allylic oxidation sites excluding steroid dienone is 2. The molecule has 0 spiro atoms. The summed E-state index contributed by atoms with van der Waals surface area (Å²) in [7, 11) is 1.60. The van der Waals surface area contributed by atoms with Crippen molar-refractivity contribution < 1.29 is 9.15 Å². The molecule has 0 radical (unpaired) electrons. The lowest BCUT2D eigenvalue weighted by atomic mass is 10.3. The minimum Gasteiger partial charge on any atom is -0.493 e. The van der Waals surface area contributed by atoms with E-state index in [1.165, 1.54) is 0 Å². The monoisotopic (exact) mass is 150 g/mol. The summed E-state index contributed by atoms with van der Waals surface area (Å²) in [6.07, 6.45) is 5.01. The van der Waals surface area contributed by atoms with Crippen LogP contribution in [-0.4, -0.2) is 7.11 Å². The molecule has 0 unspecified atom stereocenters. The van der Waals surface area contributed by atoms with Crippen LogP contribution in [0.2, 0.25) is 0 Å². The lowest BCUT2D eigenvalue weighted by molar-refractivity contribution is 0.352. The van der Waals surface area contributed by atoms with Crippen LogP contribution in [0.5, 0.6) is 0 Å². The molecule has 1 heterocycles. The van der Waals surface area contributed by atoms with Gasteiger partial charge < -0.3 is 9.15 Å². The summed E-state index contributed by atoms with van der Waals surface area (Å²) in [6, 6.07) is 3.64. The van der Waals surface area contributed by atoms with E-state index in [0.29, 0.717) is 11.5 Å². The molecular formula is C9H10O2. The maximum Gasteiger partial charge on any atom is 0.168 e. The van der Waals surface area contributed by atoms with Crippen LogP contribution in [0.25, 0.3) is 5.76 Å². The molecular weight excluding hydrogens is 140 g/mol. The van der Waals surface area contributed by atoms with Gasteiger partial charge in [0.2, 0.25) is 0 Å². The Balaban J connectivity index is 2.88. The Morgan fingerprint density at radius 2 is 2.55 bits per heavy atom. The molecule has 0 N–H and O–H groups in total. The summed E-state index contributed by atoms with van der Waals surface area (Å²) in [5.74, 6) is 1.40. The predicted molar refractivity (Wildman–Crippen MR) is 43.9 cm³/mol. The van der Waals surface area contributed by atoms with Gasteiger partial charge in [0.25, 0.3) is 0 Å². The van der Waals surface area contributed by atoms with Crippen molar-refractivity contribution >= 4 is 5.76 Å². The van der Waals surface area contributed by atoms with E-state index in [0.717, 1.165) is 0 Å². The van der Waals surface area contributed by atoms with Crippen molar-refractivity contribution in [3.8, 4) is 0 Å². The van der Waals surface area contributed by atoms with Crippen LogP contribution in [0, 0.1) is 0 Å². The third-order valence-corrected chi connectivity index (χ3v) is 1.25. The van der Waals surface area contributed by atoms with Gasteiger partial charge in [-0.1, -0.05) is 12.7 Å². The summed E-state index contributed by atoms with van der Waals surface area (Å²) in [4.78, 5) is 0. The van der Waals surface area contributed by atoms with Gasteiger partial charge in [-0.2, -0.15) is 0 Å². The second-order valence-electron chi connectivity index (χ2n) is 1.95. The van der Waals surface area contributed by atoms with E-state index in [1.54, 1.807) is 25.5 Å². The highest BCUT2D eigenvalue weighted by Gasteiger charge is 2.00. The minimum absolute atomic E-state index is 0.685. The molecule has 0 saturated heterocycles. The number of hydrogen-bond donors (Lipinski definition) is 0. The fraction of sp³-hybridized carbons (Fsp3) is 0.111. The van der Waals surface area contributed by atoms with E-state index in [2.05, 4.69) is 6.58 Å². The molecule has 0 aromatic carbocycles. The van der Waals surface area contributed by atoms with E-state index in [1.807, 2.05) is 12.1 Å². The van der Waals surface area contributed by atoms with Crippen molar-refractivity contribution in [2.24, 2.45) is 0 Å². The van der Waals surface area contributed by atoms with Crippen LogP contribution >= 0.6 is 0 Å². The van der Waals surface area contributed by atoms with Gasteiger partial charge in [-0.05, 0) is 18.2 Å². The highest BCUT2D eigenvalue weighted by molar-refractivity contribution is 5.56. The molecule has 0 atom stereocenters. The van der Waals surface area contributed by atoms with Crippen LogP contribution in [-0.2, 0) is 4.74 Å². The number of rotatable bonds is 3. The zero-order chi connectivity index (χ0) is 8.10. The van der Waals surface area contributed by atoms with Crippen molar-refractivity contribution in [1.29, 1.82) is 0 Å². The zero-order valence-corrected chi connectivity index (χ0v) is 6.41. The third-order valence-electron chi connectivity index (χ3n) is 1.25. The molecule has 0 amide bonds. The Hall–Kier alpha value is -1.44. The Labute approximate surface area is 65.8 Å². The molecule has 2 nitrogen and oxygen atoms in total. The minimum atomic E-state index is 0.685. The van der Waals surface area contributed by atoms with Crippen LogP contribution < -0.4 is 0 Å². The number of hydrogen-bond acceptors (Lipinski definition) is 2. The van der Waals surface area contributed by atoms with Crippen LogP contribution in [0.4, 0.5) is 0 Å². The van der Waals surface area contributed by atoms with Gasteiger partial charge >= 0.3 is 0 Å². The highest BCUT2D eigenvalue weighted by Crippen LogP contribution is 2.14. The summed E-state index contributed by atoms with van der Waals surface area (Å²) >= 11 is 0. The Kier molecular flexibility index (Phi) is 2.55. The van der Waals surface area contributed by atoms with Crippen molar-refractivity contribution in [1.82, 2.24) is 0 Å². The third kappa shape index (κ3) is 1.74. The average molecular weight is 150 g/mol. The van der Waals surface area contributed by atoms with Crippen molar-refractivity contribution in [2.75, 3.05) is 7.11 Å². The normalized spacial score (nSPS) is 11.2. The van der Waals surface area contributed by atoms with Crippen molar-refractivity contribution in [2.45, 2.75) is 0 Å². The van der Waals surface area contributed by atoms with Gasteiger partial charge in [-0.3, -0.25) is 0 Å². The first-order valence-electron chi connectivity index (χ1n) is 3.29. The molecule has 0 saturated carbocycles. The molecule has 11 heavy (non-hydrogen) atoms. The summed E-state index contributed by atoms with van der Waals surface area (Å²) in [5.41, 5.74) is 0. The van der Waals surface area contributed by atoms with Gasteiger partial charge in [0, 0.05) is 0 Å². The van der Waals surface area contributed by atoms with Gasteiger partial charge in [-0.15, -0.1) is 0 Å². The topological polar surface area (TPSA) is 22.4 Å². The van der Waals surface area contributed by atoms with Crippen LogP contribution in [0.1, 0.15) is 5.76 Å². The molecule has 58 valence electrons. The van der Waals surface area contributed by atoms with Gasteiger partial charge in [0.1, 0.15) is 0 Å². The fourth-order valence-corrected chi connectivity index (χ4v) is 0.777. The predicted octanol–water partition coefficient (Wildman–Crippen LogP) is 2.45. The molecule has 1 rings (SSSR count). The Bertz CT molecular complexity index is 245. The fourth-order valence-electron chi connectivity index (χ4n) is 0.777. The first kappa shape index (κ1) is 7.66. The lowest BCUT2D eigenvalue weighted by Gasteiger charge is -1.99. The summed E-state index contributed by atoms with van der Waals surface area (Å²) in [5, 5.41) is 0. The summed E-state index contributed by atoms with van der Waals surface area (Å²) in [6.45, 7) is 3.56. The quantitative estimate of drug-likeness (QED) is 0.487. The van der Waals surface area contributed by atoms with E-state index in [-0.39, 0.29) is 0 Å². The first-order chi connectivity index (χ1) is 5.38. The van der Waals surface area contributed by atoms with E-state index in [9.17, 15) is 0 Å². The maximum atomic E-state index is 5.10. The molecule has 2 heteroatoms. The van der Waals surface area contributed by atoms with Crippen LogP contribution in [0.15, 0.2) is 41.5 Å². The number of furan rings is 1. The molecule has 0 aliphatic carbocycles. The second kappa shape index (κ2) is 3.66. The molecule has 0 aliphatic rings. The second-order valence-corrected chi connectivity index (χ2v) is 1.95. The van der Waals surface area contributed by atoms with Gasteiger partial charge in [0.15, 0.2) is 11.5 Å². The number of ether oxygens (including phenoxy) is 1. The van der Waals surface area contributed by atoms with Crippen molar-refractivity contribution in [3.05, 3.63) is 42.9 Å². The highest BCUT2D eigenvalue weighted by atomic mass is 16.5. The van der Waals surface area contributed by atoms with E-state index in [4.69, 9.17) is 9.15 Å². The average Bonchev–Trinajstić information content (AvgIpc) is 2.52. The van der Waals surface area contributed by atoms with Crippen molar-refractivity contribution in [3.63, 3.8) is 0 Å². The Morgan fingerprint density at radius 1 is 1.73 bits per heavy atom. The zero-order valence-electron chi connectivity index (χ0n) is 6.41. The largest absolute Gasteiger partial charge is 0.493 e. The van der Waals surface area contributed by atoms with Gasteiger partial charge in [0.05, 0.1) is 13.4 Å². The molecule has 1 aromatic heterocycles. The smallest absolute Gasteiger partial charge is 0.168 e.